The Kier molecular flexibility index (Phi) is 6.45. The number of carbonyl (C=O) groups is 1. The van der Waals surface area contributed by atoms with E-state index in [0.717, 1.165) is 55.5 Å². The van der Waals surface area contributed by atoms with Crippen LogP contribution in [0.25, 0.3) is 0 Å². The van der Waals surface area contributed by atoms with Gasteiger partial charge >= 0.3 is 6.03 Å². The lowest BCUT2D eigenvalue weighted by molar-refractivity contribution is -0.0124. The number of nitrogens with zero attached hydrogens (tertiary/aromatic N) is 1. The zero-order valence-corrected chi connectivity index (χ0v) is 15.6. The maximum Gasteiger partial charge on any atom is 0.315 e. The molecule has 1 atom stereocenters. The smallest absolute Gasteiger partial charge is 0.315 e. The summed E-state index contributed by atoms with van der Waals surface area (Å²) in [6.45, 7) is 4.65. The number of methoxy groups -OCH3 is 1. The molecule has 2 fully saturated rings. The van der Waals surface area contributed by atoms with Gasteiger partial charge in [-0.05, 0) is 29.9 Å². The number of carbonyl (C=O) groups excluding carboxylic acids is 1. The maximum atomic E-state index is 12.2. The van der Waals surface area contributed by atoms with Gasteiger partial charge in [-0.15, -0.1) is 0 Å². The van der Waals surface area contributed by atoms with Gasteiger partial charge in [-0.2, -0.15) is 11.8 Å². The third-order valence-electron chi connectivity index (χ3n) is 4.93. The standard InChI is InChI=1S/C18H27N3O3S/c1-23-16-4-2-3-15(11-16)12-19-17(22)20-13-18(5-10-25-14-18)21-6-8-24-9-7-21/h2-4,11H,5-10,12-14H2,1H3,(H2,19,20,22). The third-order valence-corrected chi connectivity index (χ3v) is 6.16. The molecule has 2 aliphatic heterocycles. The van der Waals surface area contributed by atoms with E-state index >= 15 is 0 Å². The van der Waals surface area contributed by atoms with Gasteiger partial charge < -0.3 is 20.1 Å². The summed E-state index contributed by atoms with van der Waals surface area (Å²) in [5.74, 6) is 3.03. The van der Waals surface area contributed by atoms with Crippen LogP contribution in [0.3, 0.4) is 0 Å². The molecule has 0 saturated carbocycles. The Morgan fingerprint density at radius 2 is 2.20 bits per heavy atom. The highest BCUT2D eigenvalue weighted by Crippen LogP contribution is 2.33. The Hall–Kier alpha value is -1.44. The summed E-state index contributed by atoms with van der Waals surface area (Å²) in [4.78, 5) is 14.7. The number of urea groups is 1. The fourth-order valence-corrected chi connectivity index (χ4v) is 4.88. The van der Waals surface area contributed by atoms with Gasteiger partial charge in [-0.25, -0.2) is 4.79 Å². The van der Waals surface area contributed by atoms with Crippen molar-refractivity contribution < 1.29 is 14.3 Å². The van der Waals surface area contributed by atoms with Gasteiger partial charge in [0.25, 0.3) is 0 Å². The van der Waals surface area contributed by atoms with Crippen molar-refractivity contribution in [3.05, 3.63) is 29.8 Å². The van der Waals surface area contributed by atoms with E-state index in [0.29, 0.717) is 13.1 Å². The summed E-state index contributed by atoms with van der Waals surface area (Å²) in [6, 6.07) is 7.62. The predicted octanol–water partition coefficient (Wildman–Crippen LogP) is 1.70. The monoisotopic (exact) mass is 365 g/mol. The van der Waals surface area contributed by atoms with E-state index < -0.39 is 0 Å². The molecule has 2 N–H and O–H groups in total. The van der Waals surface area contributed by atoms with Crippen LogP contribution < -0.4 is 15.4 Å². The van der Waals surface area contributed by atoms with Gasteiger partial charge in [0.15, 0.2) is 0 Å². The molecule has 138 valence electrons. The number of morpholine rings is 1. The van der Waals surface area contributed by atoms with Crippen LogP contribution in [0.1, 0.15) is 12.0 Å². The lowest BCUT2D eigenvalue weighted by atomic mass is 9.95. The van der Waals surface area contributed by atoms with Crippen molar-refractivity contribution in [3.63, 3.8) is 0 Å². The Morgan fingerprint density at radius 3 is 2.92 bits per heavy atom. The van der Waals surface area contributed by atoms with Crippen LogP contribution in [0, 0.1) is 0 Å². The summed E-state index contributed by atoms with van der Waals surface area (Å²) < 4.78 is 10.7. The van der Waals surface area contributed by atoms with E-state index in [-0.39, 0.29) is 11.6 Å². The average molecular weight is 365 g/mol. The van der Waals surface area contributed by atoms with Crippen LogP contribution in [0.2, 0.25) is 0 Å². The molecule has 0 radical (unpaired) electrons. The Morgan fingerprint density at radius 1 is 1.36 bits per heavy atom. The molecule has 1 unspecified atom stereocenters. The van der Waals surface area contributed by atoms with Gasteiger partial charge in [0.1, 0.15) is 5.75 Å². The van der Waals surface area contributed by atoms with Crippen LogP contribution in [-0.2, 0) is 11.3 Å². The fraction of sp³-hybridized carbons (Fsp3) is 0.611. The summed E-state index contributed by atoms with van der Waals surface area (Å²) in [5.41, 5.74) is 1.09. The number of amides is 2. The van der Waals surface area contributed by atoms with Gasteiger partial charge in [0, 0.05) is 37.5 Å². The third kappa shape index (κ3) is 4.80. The van der Waals surface area contributed by atoms with Crippen molar-refractivity contribution in [1.29, 1.82) is 0 Å². The molecule has 7 heteroatoms. The van der Waals surface area contributed by atoms with Gasteiger partial charge in [0.05, 0.1) is 20.3 Å². The number of hydrogen-bond acceptors (Lipinski definition) is 5. The molecule has 0 aliphatic carbocycles. The summed E-state index contributed by atoms with van der Waals surface area (Å²) in [6.07, 6.45) is 1.12. The van der Waals surface area contributed by atoms with E-state index in [1.807, 2.05) is 36.0 Å². The summed E-state index contributed by atoms with van der Waals surface area (Å²) in [5, 5.41) is 6.02. The highest BCUT2D eigenvalue weighted by atomic mass is 32.2. The van der Waals surface area contributed by atoms with Crippen molar-refractivity contribution >= 4 is 17.8 Å². The quantitative estimate of drug-likeness (QED) is 0.803. The molecule has 2 heterocycles. The minimum absolute atomic E-state index is 0.0712. The van der Waals surface area contributed by atoms with Gasteiger partial charge in [-0.3, -0.25) is 4.90 Å². The lowest BCUT2D eigenvalue weighted by Gasteiger charge is -2.43. The summed E-state index contributed by atoms with van der Waals surface area (Å²) >= 11 is 1.97. The zero-order chi connectivity index (χ0) is 17.5. The van der Waals surface area contributed by atoms with Crippen LogP contribution in [0.4, 0.5) is 4.79 Å². The van der Waals surface area contributed by atoms with E-state index in [2.05, 4.69) is 15.5 Å². The Labute approximate surface area is 153 Å². The molecule has 3 rings (SSSR count). The molecule has 0 aromatic heterocycles. The number of benzene rings is 1. The molecule has 1 aromatic carbocycles. The van der Waals surface area contributed by atoms with Crippen LogP contribution in [0.15, 0.2) is 24.3 Å². The second-order valence-electron chi connectivity index (χ2n) is 6.51. The van der Waals surface area contributed by atoms with Crippen molar-refractivity contribution in [2.24, 2.45) is 0 Å². The molecular weight excluding hydrogens is 338 g/mol. The summed E-state index contributed by atoms with van der Waals surface area (Å²) in [7, 11) is 1.64. The zero-order valence-electron chi connectivity index (χ0n) is 14.8. The molecule has 2 amide bonds. The fourth-order valence-electron chi connectivity index (χ4n) is 3.41. The first-order valence-electron chi connectivity index (χ1n) is 8.77. The normalized spacial score (nSPS) is 24.0. The van der Waals surface area contributed by atoms with Crippen molar-refractivity contribution in [3.8, 4) is 5.75 Å². The van der Waals surface area contributed by atoms with Gasteiger partial charge in [0.2, 0.25) is 0 Å². The Bertz CT molecular complexity index is 572. The first kappa shape index (κ1) is 18.4. The molecule has 25 heavy (non-hydrogen) atoms. The first-order valence-corrected chi connectivity index (χ1v) is 9.92. The number of ether oxygens (including phenoxy) is 2. The Balaban J connectivity index is 1.49. The second-order valence-corrected chi connectivity index (χ2v) is 7.62. The molecule has 6 nitrogen and oxygen atoms in total. The SMILES string of the molecule is COc1cccc(CNC(=O)NCC2(N3CCOCC3)CCSC2)c1. The van der Waals surface area contributed by atoms with Crippen molar-refractivity contribution in [1.82, 2.24) is 15.5 Å². The maximum absolute atomic E-state index is 12.2. The first-order chi connectivity index (χ1) is 12.2. The lowest BCUT2D eigenvalue weighted by Crippen LogP contribution is -2.59. The molecule has 1 aromatic rings. The largest absolute Gasteiger partial charge is 0.497 e. The van der Waals surface area contributed by atoms with E-state index in [1.165, 1.54) is 0 Å². The van der Waals surface area contributed by atoms with Crippen LogP contribution >= 0.6 is 11.8 Å². The highest BCUT2D eigenvalue weighted by Gasteiger charge is 2.40. The minimum atomic E-state index is -0.118. The number of rotatable bonds is 6. The van der Waals surface area contributed by atoms with Crippen molar-refractivity contribution in [2.75, 3.05) is 51.5 Å². The van der Waals surface area contributed by atoms with Crippen LogP contribution in [0.5, 0.6) is 5.75 Å². The average Bonchev–Trinajstić information content (AvgIpc) is 3.16. The van der Waals surface area contributed by atoms with E-state index in [1.54, 1.807) is 7.11 Å². The van der Waals surface area contributed by atoms with Crippen molar-refractivity contribution in [2.45, 2.75) is 18.5 Å². The number of nitrogens with one attached hydrogen (secondary N) is 2. The number of thioether (sulfide) groups is 1. The van der Waals surface area contributed by atoms with E-state index in [4.69, 9.17) is 9.47 Å². The number of hydrogen-bond donors (Lipinski definition) is 2. The van der Waals surface area contributed by atoms with Crippen LogP contribution in [-0.4, -0.2) is 67.9 Å². The topological polar surface area (TPSA) is 62.8 Å². The minimum Gasteiger partial charge on any atom is -0.497 e. The van der Waals surface area contributed by atoms with Gasteiger partial charge in [-0.1, -0.05) is 12.1 Å². The molecule has 0 spiro atoms. The molecule has 2 aliphatic rings. The molecule has 2 saturated heterocycles. The molecule has 0 bridgehead atoms. The second kappa shape index (κ2) is 8.78. The van der Waals surface area contributed by atoms with E-state index in [9.17, 15) is 4.79 Å². The predicted molar refractivity (Wildman–Crippen MR) is 100 cm³/mol. The highest BCUT2D eigenvalue weighted by molar-refractivity contribution is 7.99. The molecular formula is C18H27N3O3S.